The SMILES string of the molecule is C=C=c1[nH]nc(N)c1=C=C(C)CC=CC. The Morgan fingerprint density at radius 2 is 2.40 bits per heavy atom. The quantitative estimate of drug-likeness (QED) is 0.697. The van der Waals surface area contributed by atoms with Crippen molar-refractivity contribution >= 4 is 17.3 Å². The highest BCUT2D eigenvalue weighted by Gasteiger charge is 1.93. The molecule has 0 fully saturated rings. The fourth-order valence-electron chi connectivity index (χ4n) is 1.17. The average molecular weight is 201 g/mol. The second-order valence-corrected chi connectivity index (χ2v) is 3.21. The molecule has 0 bridgehead atoms. The fourth-order valence-corrected chi connectivity index (χ4v) is 1.17. The molecule has 3 nitrogen and oxygen atoms in total. The summed E-state index contributed by atoms with van der Waals surface area (Å²) in [6.07, 6.45) is 4.93. The summed E-state index contributed by atoms with van der Waals surface area (Å²) in [5.74, 6) is 0.431. The van der Waals surface area contributed by atoms with Gasteiger partial charge in [0.15, 0.2) is 5.82 Å². The lowest BCUT2D eigenvalue weighted by atomic mass is 10.2. The molecule has 0 unspecified atom stereocenters. The Hall–Kier alpha value is -1.95. The van der Waals surface area contributed by atoms with Crippen molar-refractivity contribution in [2.45, 2.75) is 20.3 Å². The Balaban J connectivity index is 3.43. The Kier molecular flexibility index (Phi) is 3.75. The van der Waals surface area contributed by atoms with E-state index in [2.05, 4.69) is 34.3 Å². The van der Waals surface area contributed by atoms with Crippen molar-refractivity contribution in [3.63, 3.8) is 0 Å². The van der Waals surface area contributed by atoms with Gasteiger partial charge in [-0.05, 0) is 25.8 Å². The summed E-state index contributed by atoms with van der Waals surface area (Å²) >= 11 is 0. The van der Waals surface area contributed by atoms with E-state index in [1.807, 2.05) is 19.9 Å². The van der Waals surface area contributed by atoms with Gasteiger partial charge in [-0.2, -0.15) is 5.10 Å². The molecule has 0 saturated carbocycles. The van der Waals surface area contributed by atoms with Gasteiger partial charge in [-0.15, -0.1) is 11.5 Å². The molecule has 0 atom stereocenters. The Morgan fingerprint density at radius 3 is 3.00 bits per heavy atom. The van der Waals surface area contributed by atoms with Crippen LogP contribution in [0, 0.1) is 0 Å². The van der Waals surface area contributed by atoms with E-state index in [0.29, 0.717) is 11.2 Å². The first-order valence-electron chi connectivity index (χ1n) is 4.76. The fraction of sp³-hybridized carbons (Fsp3) is 0.250. The zero-order valence-electron chi connectivity index (χ0n) is 9.09. The number of H-pyrrole nitrogens is 1. The molecular weight excluding hydrogens is 186 g/mol. The summed E-state index contributed by atoms with van der Waals surface area (Å²) in [7, 11) is 0. The van der Waals surface area contributed by atoms with Crippen LogP contribution < -0.4 is 16.3 Å². The van der Waals surface area contributed by atoms with E-state index in [-0.39, 0.29) is 0 Å². The molecule has 0 spiro atoms. The maximum Gasteiger partial charge on any atom is 0.161 e. The molecule has 3 heteroatoms. The number of aromatic amines is 1. The minimum absolute atomic E-state index is 0.431. The van der Waals surface area contributed by atoms with Gasteiger partial charge >= 0.3 is 0 Å². The zero-order chi connectivity index (χ0) is 11.3. The van der Waals surface area contributed by atoms with Gasteiger partial charge in [0.05, 0.1) is 5.22 Å². The third-order valence-electron chi connectivity index (χ3n) is 1.97. The minimum Gasteiger partial charge on any atom is -0.381 e. The van der Waals surface area contributed by atoms with Gasteiger partial charge in [0.25, 0.3) is 0 Å². The van der Waals surface area contributed by atoms with Crippen LogP contribution in [0.1, 0.15) is 20.3 Å². The Morgan fingerprint density at radius 1 is 1.67 bits per heavy atom. The normalized spacial score (nSPS) is 10.0. The molecule has 0 aliphatic carbocycles. The Bertz CT molecular complexity index is 536. The van der Waals surface area contributed by atoms with Gasteiger partial charge in [0.1, 0.15) is 5.35 Å². The van der Waals surface area contributed by atoms with E-state index < -0.39 is 0 Å². The van der Waals surface area contributed by atoms with E-state index in [9.17, 15) is 0 Å². The Labute approximate surface area is 89.0 Å². The molecule has 0 aliphatic rings. The number of nitrogen functional groups attached to an aromatic ring is 1. The third kappa shape index (κ3) is 2.75. The number of rotatable bonds is 2. The number of hydrogen-bond donors (Lipinski definition) is 2. The summed E-state index contributed by atoms with van der Waals surface area (Å²) in [6, 6.07) is 0. The summed E-state index contributed by atoms with van der Waals surface area (Å²) in [5.41, 5.74) is 12.7. The molecular formula is C12H15N3. The highest BCUT2D eigenvalue weighted by atomic mass is 15.1. The van der Waals surface area contributed by atoms with Crippen molar-refractivity contribution in [3.8, 4) is 0 Å². The van der Waals surface area contributed by atoms with Crippen LogP contribution in [0.4, 0.5) is 5.82 Å². The highest BCUT2D eigenvalue weighted by molar-refractivity contribution is 5.40. The van der Waals surface area contributed by atoms with Crippen LogP contribution in [0.5, 0.6) is 0 Å². The molecule has 1 heterocycles. The topological polar surface area (TPSA) is 54.7 Å². The summed E-state index contributed by atoms with van der Waals surface area (Å²) in [5, 5.41) is 8.05. The second-order valence-electron chi connectivity index (χ2n) is 3.21. The van der Waals surface area contributed by atoms with Crippen LogP contribution in [0.3, 0.4) is 0 Å². The monoisotopic (exact) mass is 201 g/mol. The van der Waals surface area contributed by atoms with Gasteiger partial charge in [-0.3, -0.25) is 5.10 Å². The summed E-state index contributed by atoms with van der Waals surface area (Å²) < 4.78 is 0. The van der Waals surface area contributed by atoms with Gasteiger partial charge in [0.2, 0.25) is 0 Å². The number of nitrogens with zero attached hydrogens (tertiary/aromatic N) is 1. The predicted octanol–water partition coefficient (Wildman–Crippen LogP) is 0.849. The van der Waals surface area contributed by atoms with Crippen LogP contribution in [0.25, 0.3) is 11.5 Å². The molecule has 1 rings (SSSR count). The van der Waals surface area contributed by atoms with E-state index in [1.54, 1.807) is 0 Å². The van der Waals surface area contributed by atoms with Crippen LogP contribution in [0.2, 0.25) is 0 Å². The number of aromatic nitrogens is 2. The van der Waals surface area contributed by atoms with Crippen LogP contribution in [0.15, 0.2) is 24.3 Å². The van der Waals surface area contributed by atoms with Crippen LogP contribution >= 0.6 is 0 Å². The molecule has 0 aromatic carbocycles. The van der Waals surface area contributed by atoms with Gasteiger partial charge in [0, 0.05) is 0 Å². The van der Waals surface area contributed by atoms with Crippen molar-refractivity contribution < 1.29 is 0 Å². The lowest BCUT2D eigenvalue weighted by Gasteiger charge is -1.87. The summed E-state index contributed by atoms with van der Waals surface area (Å²) in [6.45, 7) is 7.55. The molecule has 0 amide bonds. The molecule has 0 radical (unpaired) electrons. The molecule has 1 aromatic rings. The first-order valence-corrected chi connectivity index (χ1v) is 4.76. The molecule has 0 saturated heterocycles. The third-order valence-corrected chi connectivity index (χ3v) is 1.97. The molecule has 3 N–H and O–H groups in total. The molecule has 78 valence electrons. The van der Waals surface area contributed by atoms with E-state index >= 15 is 0 Å². The van der Waals surface area contributed by atoms with Crippen LogP contribution in [-0.2, 0) is 0 Å². The van der Waals surface area contributed by atoms with E-state index in [4.69, 9.17) is 5.73 Å². The molecule has 15 heavy (non-hydrogen) atoms. The predicted molar refractivity (Wildman–Crippen MR) is 63.3 cm³/mol. The van der Waals surface area contributed by atoms with Crippen molar-refractivity contribution in [3.05, 3.63) is 34.9 Å². The highest BCUT2D eigenvalue weighted by Crippen LogP contribution is 1.97. The lowest BCUT2D eigenvalue weighted by Crippen LogP contribution is -2.22. The smallest absolute Gasteiger partial charge is 0.161 e. The minimum atomic E-state index is 0.431. The van der Waals surface area contributed by atoms with E-state index in [0.717, 1.165) is 17.2 Å². The first kappa shape index (κ1) is 11.1. The zero-order valence-corrected chi connectivity index (χ0v) is 9.09. The maximum absolute atomic E-state index is 5.69. The van der Waals surface area contributed by atoms with Crippen molar-refractivity contribution in [2.24, 2.45) is 0 Å². The van der Waals surface area contributed by atoms with Gasteiger partial charge in [-0.25, -0.2) is 0 Å². The number of nitrogens with one attached hydrogen (secondary N) is 1. The standard InChI is InChI=1S/C12H15N3/c1-4-6-7-9(3)8-10-11(5-2)14-15-12(10)13/h4,6,14H,2,7H2,1,3H3,(H2,13,15). The lowest BCUT2D eigenvalue weighted by molar-refractivity contribution is 1.07. The molecule has 1 aromatic heterocycles. The maximum atomic E-state index is 5.69. The number of nitrogens with two attached hydrogens (primary N) is 1. The van der Waals surface area contributed by atoms with Crippen molar-refractivity contribution in [1.82, 2.24) is 10.2 Å². The number of anilines is 1. The summed E-state index contributed by atoms with van der Waals surface area (Å²) in [4.78, 5) is 0. The molecule has 0 aliphatic heterocycles. The van der Waals surface area contributed by atoms with Crippen molar-refractivity contribution in [2.75, 3.05) is 5.73 Å². The average Bonchev–Trinajstić information content (AvgIpc) is 2.57. The first-order chi connectivity index (χ1) is 7.19. The second kappa shape index (κ2) is 5.06. The van der Waals surface area contributed by atoms with E-state index in [1.165, 1.54) is 0 Å². The largest absolute Gasteiger partial charge is 0.381 e. The van der Waals surface area contributed by atoms with Crippen molar-refractivity contribution in [1.29, 1.82) is 0 Å². The van der Waals surface area contributed by atoms with Gasteiger partial charge in [-0.1, -0.05) is 18.7 Å². The van der Waals surface area contributed by atoms with Crippen LogP contribution in [-0.4, -0.2) is 10.2 Å². The number of allylic oxidation sites excluding steroid dienone is 3. The van der Waals surface area contributed by atoms with Gasteiger partial charge < -0.3 is 5.73 Å². The number of hydrogen-bond acceptors (Lipinski definition) is 2.